The summed E-state index contributed by atoms with van der Waals surface area (Å²) >= 11 is 0. The van der Waals surface area contributed by atoms with Crippen molar-refractivity contribution < 1.29 is 9.53 Å². The first kappa shape index (κ1) is 18.2. The molecule has 0 saturated carbocycles. The van der Waals surface area contributed by atoms with Gasteiger partial charge in [0, 0.05) is 38.4 Å². The largest absolute Gasteiger partial charge is 0.478 e. The molecule has 0 aliphatic carbocycles. The Bertz CT molecular complexity index is 723. The molecule has 6 nitrogen and oxygen atoms in total. The minimum absolute atomic E-state index is 0.0401. The molecule has 0 bridgehead atoms. The number of rotatable bonds is 5. The van der Waals surface area contributed by atoms with Crippen LogP contribution >= 0.6 is 0 Å². The molecular formula is C20H26N4O2. The van der Waals surface area contributed by atoms with E-state index >= 15 is 0 Å². The predicted octanol–water partition coefficient (Wildman–Crippen LogP) is 2.68. The van der Waals surface area contributed by atoms with Gasteiger partial charge in [0.2, 0.25) is 5.88 Å². The SMILES string of the molecule is CCOc1cc(CNC(=O)N2CCN(C)CC2c2ccccc2)ccn1. The maximum atomic E-state index is 12.8. The summed E-state index contributed by atoms with van der Waals surface area (Å²) < 4.78 is 5.42. The van der Waals surface area contributed by atoms with Crippen molar-refractivity contribution in [2.75, 3.05) is 33.3 Å². The van der Waals surface area contributed by atoms with Crippen LogP contribution in [0.5, 0.6) is 5.88 Å². The summed E-state index contributed by atoms with van der Waals surface area (Å²) in [6, 6.07) is 14.0. The zero-order valence-corrected chi connectivity index (χ0v) is 15.4. The number of ether oxygens (including phenoxy) is 1. The normalized spacial score (nSPS) is 17.8. The van der Waals surface area contributed by atoms with Crippen LogP contribution in [-0.2, 0) is 6.54 Å². The van der Waals surface area contributed by atoms with Crippen LogP contribution < -0.4 is 10.1 Å². The average Bonchev–Trinajstić information content (AvgIpc) is 2.67. The monoisotopic (exact) mass is 354 g/mol. The van der Waals surface area contributed by atoms with Gasteiger partial charge in [-0.3, -0.25) is 0 Å². The highest BCUT2D eigenvalue weighted by Crippen LogP contribution is 2.24. The van der Waals surface area contributed by atoms with Crippen molar-refractivity contribution >= 4 is 6.03 Å². The molecule has 1 aliphatic rings. The van der Waals surface area contributed by atoms with E-state index in [9.17, 15) is 4.79 Å². The van der Waals surface area contributed by atoms with E-state index in [-0.39, 0.29) is 12.1 Å². The lowest BCUT2D eigenvalue weighted by molar-refractivity contribution is 0.108. The quantitative estimate of drug-likeness (QED) is 0.897. The molecule has 6 heteroatoms. The molecule has 2 aromatic rings. The molecule has 1 atom stereocenters. The molecule has 1 aromatic carbocycles. The zero-order valence-electron chi connectivity index (χ0n) is 15.4. The number of nitrogens with zero attached hydrogens (tertiary/aromatic N) is 3. The molecule has 2 amide bonds. The summed E-state index contributed by atoms with van der Waals surface area (Å²) in [6.45, 7) is 5.37. The molecule has 1 saturated heterocycles. The Morgan fingerprint density at radius 1 is 1.27 bits per heavy atom. The smallest absolute Gasteiger partial charge is 0.318 e. The second kappa shape index (κ2) is 8.67. The molecule has 1 unspecified atom stereocenters. The highest BCUT2D eigenvalue weighted by molar-refractivity contribution is 5.75. The summed E-state index contributed by atoms with van der Waals surface area (Å²) in [5.74, 6) is 0.584. The van der Waals surface area contributed by atoms with Crippen molar-refractivity contribution in [3.05, 3.63) is 59.8 Å². The van der Waals surface area contributed by atoms with Gasteiger partial charge in [-0.25, -0.2) is 9.78 Å². The molecule has 26 heavy (non-hydrogen) atoms. The lowest BCUT2D eigenvalue weighted by Crippen LogP contribution is -2.52. The number of pyridine rings is 1. The molecule has 0 radical (unpaired) electrons. The number of hydrogen-bond acceptors (Lipinski definition) is 4. The van der Waals surface area contributed by atoms with E-state index in [1.165, 1.54) is 0 Å². The standard InChI is InChI=1S/C20H26N4O2/c1-3-26-19-13-16(9-10-21-19)14-22-20(25)24-12-11-23(2)15-18(24)17-7-5-4-6-8-17/h4-10,13,18H,3,11-12,14-15H2,1-2H3,(H,22,25). The van der Waals surface area contributed by atoms with E-state index in [0.717, 1.165) is 24.2 Å². The molecule has 1 aliphatic heterocycles. The van der Waals surface area contributed by atoms with Crippen molar-refractivity contribution in [3.8, 4) is 5.88 Å². The van der Waals surface area contributed by atoms with Crippen molar-refractivity contribution in [2.45, 2.75) is 19.5 Å². The van der Waals surface area contributed by atoms with Gasteiger partial charge in [0.15, 0.2) is 0 Å². The molecule has 1 aromatic heterocycles. The number of aromatic nitrogens is 1. The molecule has 138 valence electrons. The topological polar surface area (TPSA) is 57.7 Å². The van der Waals surface area contributed by atoms with E-state index in [1.807, 2.05) is 42.2 Å². The summed E-state index contributed by atoms with van der Waals surface area (Å²) in [4.78, 5) is 21.2. The van der Waals surface area contributed by atoms with Crippen LogP contribution in [-0.4, -0.2) is 54.1 Å². The first-order valence-electron chi connectivity index (χ1n) is 9.03. The van der Waals surface area contributed by atoms with Gasteiger partial charge in [0.1, 0.15) is 0 Å². The Morgan fingerprint density at radius 2 is 2.08 bits per heavy atom. The van der Waals surface area contributed by atoms with Crippen LogP contribution in [0.4, 0.5) is 4.79 Å². The Kier molecular flexibility index (Phi) is 6.07. The second-order valence-corrected chi connectivity index (χ2v) is 6.48. The Balaban J connectivity index is 1.66. The zero-order chi connectivity index (χ0) is 18.4. The van der Waals surface area contributed by atoms with Crippen LogP contribution in [0.25, 0.3) is 0 Å². The van der Waals surface area contributed by atoms with E-state index in [1.54, 1.807) is 6.20 Å². The maximum absolute atomic E-state index is 12.8. The van der Waals surface area contributed by atoms with Crippen molar-refractivity contribution in [3.63, 3.8) is 0 Å². The second-order valence-electron chi connectivity index (χ2n) is 6.48. The van der Waals surface area contributed by atoms with Gasteiger partial charge in [-0.05, 0) is 31.2 Å². The van der Waals surface area contributed by atoms with E-state index in [2.05, 4.69) is 34.4 Å². The molecule has 0 spiro atoms. The number of amides is 2. The van der Waals surface area contributed by atoms with Crippen molar-refractivity contribution in [1.29, 1.82) is 0 Å². The first-order chi connectivity index (χ1) is 12.7. The summed E-state index contributed by atoms with van der Waals surface area (Å²) in [5.41, 5.74) is 2.14. The number of benzene rings is 1. The van der Waals surface area contributed by atoms with Gasteiger partial charge in [-0.2, -0.15) is 0 Å². The minimum Gasteiger partial charge on any atom is -0.478 e. The third kappa shape index (κ3) is 4.52. The summed E-state index contributed by atoms with van der Waals surface area (Å²) in [5, 5.41) is 3.04. The third-order valence-corrected chi connectivity index (χ3v) is 4.56. The number of hydrogen-bond donors (Lipinski definition) is 1. The van der Waals surface area contributed by atoms with Crippen molar-refractivity contribution in [2.24, 2.45) is 0 Å². The van der Waals surface area contributed by atoms with Gasteiger partial charge < -0.3 is 19.9 Å². The molecule has 2 heterocycles. The molecule has 1 fully saturated rings. The van der Waals surface area contributed by atoms with E-state index in [4.69, 9.17) is 4.74 Å². The number of piperazine rings is 1. The fourth-order valence-corrected chi connectivity index (χ4v) is 3.19. The van der Waals surface area contributed by atoms with Gasteiger partial charge >= 0.3 is 6.03 Å². The average molecular weight is 354 g/mol. The highest BCUT2D eigenvalue weighted by Gasteiger charge is 2.30. The summed E-state index contributed by atoms with van der Waals surface area (Å²) in [7, 11) is 2.09. The molecular weight excluding hydrogens is 328 g/mol. The lowest BCUT2D eigenvalue weighted by atomic mass is 10.0. The van der Waals surface area contributed by atoms with Gasteiger partial charge in [0.05, 0.1) is 12.6 Å². The first-order valence-corrected chi connectivity index (χ1v) is 9.03. The number of nitrogens with one attached hydrogen (secondary N) is 1. The van der Waals surface area contributed by atoms with Gasteiger partial charge in [-0.1, -0.05) is 30.3 Å². The highest BCUT2D eigenvalue weighted by atomic mass is 16.5. The minimum atomic E-state index is -0.0401. The number of likely N-dealkylation sites (N-methyl/N-ethyl adjacent to an activating group) is 1. The fourth-order valence-electron chi connectivity index (χ4n) is 3.19. The number of urea groups is 1. The van der Waals surface area contributed by atoms with Crippen LogP contribution in [0.3, 0.4) is 0 Å². The fraction of sp³-hybridized carbons (Fsp3) is 0.400. The Labute approximate surface area is 154 Å². The Morgan fingerprint density at radius 3 is 2.85 bits per heavy atom. The summed E-state index contributed by atoms with van der Waals surface area (Å²) in [6.07, 6.45) is 1.70. The Hall–Kier alpha value is -2.60. The number of carbonyl (C=O) groups is 1. The van der Waals surface area contributed by atoms with Gasteiger partial charge in [0.25, 0.3) is 0 Å². The third-order valence-electron chi connectivity index (χ3n) is 4.56. The van der Waals surface area contributed by atoms with E-state index < -0.39 is 0 Å². The van der Waals surface area contributed by atoms with E-state index in [0.29, 0.717) is 25.6 Å². The van der Waals surface area contributed by atoms with Crippen molar-refractivity contribution in [1.82, 2.24) is 20.1 Å². The maximum Gasteiger partial charge on any atom is 0.318 e. The van der Waals surface area contributed by atoms with Crippen LogP contribution in [0.1, 0.15) is 24.1 Å². The van der Waals surface area contributed by atoms with Crippen LogP contribution in [0.15, 0.2) is 48.7 Å². The lowest BCUT2D eigenvalue weighted by Gasteiger charge is -2.40. The number of carbonyl (C=O) groups excluding carboxylic acids is 1. The van der Waals surface area contributed by atoms with Crippen LogP contribution in [0, 0.1) is 0 Å². The van der Waals surface area contributed by atoms with Crippen LogP contribution in [0.2, 0.25) is 0 Å². The molecule has 3 rings (SSSR count). The van der Waals surface area contributed by atoms with Gasteiger partial charge in [-0.15, -0.1) is 0 Å². The predicted molar refractivity (Wildman–Crippen MR) is 101 cm³/mol. The molecule has 1 N–H and O–H groups in total.